The number of hydrogen-bond donors (Lipinski definition) is 1. The first kappa shape index (κ1) is 20.2. The third kappa shape index (κ3) is 4.12. The lowest BCUT2D eigenvalue weighted by atomic mass is 9.82. The Labute approximate surface area is 173 Å². The van der Waals surface area contributed by atoms with Crippen LogP contribution in [0.4, 0.5) is 11.4 Å². The van der Waals surface area contributed by atoms with Crippen molar-refractivity contribution >= 4 is 11.4 Å². The number of aromatic nitrogens is 3. The zero-order chi connectivity index (χ0) is 20.8. The maximum absolute atomic E-state index is 9.52. The highest BCUT2D eigenvalue weighted by atomic mass is 16.5. The van der Waals surface area contributed by atoms with E-state index < -0.39 is 0 Å². The zero-order valence-electron chi connectivity index (χ0n) is 18.2. The predicted octanol–water partition coefficient (Wildman–Crippen LogP) is 2.64. The van der Waals surface area contributed by atoms with Crippen molar-refractivity contribution in [3.8, 4) is 11.3 Å². The molecule has 2 aliphatic rings. The van der Waals surface area contributed by atoms with Gasteiger partial charge in [-0.25, -0.2) is 4.68 Å². The minimum absolute atomic E-state index is 0.0104. The Hall–Kier alpha value is -2.12. The molecule has 1 aromatic heterocycles. The van der Waals surface area contributed by atoms with Gasteiger partial charge in [-0.05, 0) is 30.0 Å². The highest BCUT2D eigenvalue weighted by Gasteiger charge is 2.38. The van der Waals surface area contributed by atoms with Gasteiger partial charge in [-0.1, -0.05) is 26.0 Å². The van der Waals surface area contributed by atoms with E-state index in [2.05, 4.69) is 73.2 Å². The number of ether oxygens (including phenoxy) is 1. The lowest BCUT2D eigenvalue weighted by Gasteiger charge is -2.48. The van der Waals surface area contributed by atoms with E-state index in [-0.39, 0.29) is 23.5 Å². The molecular formula is C22H33N5O2. The lowest BCUT2D eigenvalue weighted by Crippen LogP contribution is -2.56. The minimum Gasteiger partial charge on any atom is -0.396 e. The number of anilines is 2. The maximum Gasteiger partial charge on any atom is 0.115 e. The molecule has 0 saturated carbocycles. The molecule has 29 heavy (non-hydrogen) atoms. The Balaban J connectivity index is 1.52. The Kier molecular flexibility index (Phi) is 5.07. The molecule has 3 heterocycles. The molecule has 2 aromatic rings. The Bertz CT molecular complexity index is 870. The first-order chi connectivity index (χ1) is 13.7. The van der Waals surface area contributed by atoms with Gasteiger partial charge in [0.15, 0.2) is 0 Å². The molecule has 0 bridgehead atoms. The summed E-state index contributed by atoms with van der Waals surface area (Å²) >= 11 is 0. The Morgan fingerprint density at radius 3 is 2.62 bits per heavy atom. The van der Waals surface area contributed by atoms with Gasteiger partial charge in [-0.3, -0.25) is 0 Å². The van der Waals surface area contributed by atoms with Gasteiger partial charge < -0.3 is 19.6 Å². The van der Waals surface area contributed by atoms with Crippen LogP contribution in [0, 0.1) is 10.8 Å². The summed E-state index contributed by atoms with van der Waals surface area (Å²) < 4.78 is 7.82. The zero-order valence-corrected chi connectivity index (χ0v) is 18.2. The van der Waals surface area contributed by atoms with Crippen LogP contribution in [0.15, 0.2) is 24.4 Å². The van der Waals surface area contributed by atoms with Crippen LogP contribution in [0.2, 0.25) is 0 Å². The average Bonchev–Trinajstić information content (AvgIpc) is 3.24. The summed E-state index contributed by atoms with van der Waals surface area (Å²) in [6.07, 6.45) is 3.26. The summed E-state index contributed by atoms with van der Waals surface area (Å²) in [5.74, 6) is 0. The highest BCUT2D eigenvalue weighted by molar-refractivity contribution is 5.79. The maximum atomic E-state index is 9.52. The van der Waals surface area contributed by atoms with Gasteiger partial charge in [0, 0.05) is 49.5 Å². The van der Waals surface area contributed by atoms with Gasteiger partial charge in [0.25, 0.3) is 0 Å². The van der Waals surface area contributed by atoms with Crippen LogP contribution in [0.3, 0.4) is 0 Å². The van der Waals surface area contributed by atoms with E-state index in [1.54, 1.807) is 0 Å². The molecule has 0 spiro atoms. The van der Waals surface area contributed by atoms with E-state index in [1.807, 2.05) is 10.9 Å². The summed E-state index contributed by atoms with van der Waals surface area (Å²) in [5, 5.41) is 18.3. The molecule has 0 radical (unpaired) electrons. The van der Waals surface area contributed by atoms with Crippen LogP contribution in [0.5, 0.6) is 0 Å². The summed E-state index contributed by atoms with van der Waals surface area (Å²) in [6, 6.07) is 6.47. The summed E-state index contributed by atoms with van der Waals surface area (Å²) in [6.45, 7) is 10.1. The van der Waals surface area contributed by atoms with Crippen LogP contribution >= 0.6 is 0 Å². The van der Waals surface area contributed by atoms with Crippen LogP contribution < -0.4 is 9.80 Å². The summed E-state index contributed by atoms with van der Waals surface area (Å²) in [7, 11) is 4.10. The fraction of sp³-hybridized carbons (Fsp3) is 0.636. The number of aliphatic hydroxyl groups excluding tert-OH is 1. The largest absolute Gasteiger partial charge is 0.396 e. The summed E-state index contributed by atoms with van der Waals surface area (Å²) in [4.78, 5) is 4.43. The van der Waals surface area contributed by atoms with Crippen LogP contribution in [-0.2, 0) is 11.3 Å². The smallest absolute Gasteiger partial charge is 0.115 e. The van der Waals surface area contributed by atoms with Gasteiger partial charge in [-0.2, -0.15) is 0 Å². The second-order valence-electron chi connectivity index (χ2n) is 10.0. The first-order valence-electron chi connectivity index (χ1n) is 10.4. The van der Waals surface area contributed by atoms with E-state index in [0.29, 0.717) is 0 Å². The van der Waals surface area contributed by atoms with Crippen LogP contribution in [0.25, 0.3) is 11.3 Å². The second kappa shape index (κ2) is 7.29. The lowest BCUT2D eigenvalue weighted by molar-refractivity contribution is 0.0848. The van der Waals surface area contributed by atoms with Crippen molar-refractivity contribution < 1.29 is 9.84 Å². The van der Waals surface area contributed by atoms with E-state index in [9.17, 15) is 5.11 Å². The Morgan fingerprint density at radius 1 is 1.24 bits per heavy atom. The van der Waals surface area contributed by atoms with Crippen LogP contribution in [0.1, 0.15) is 27.2 Å². The standard InChI is InChI=1S/C22H33N5O2/c1-21(2)9-17(29-15-21)10-27-11-19(23-24-27)18-7-6-16(8-20(18)25(4)5)26-12-22(3,13-26)14-28/h6-8,11,17,28H,9-10,12-15H2,1-5H3/t17-/m0/s1. The molecule has 2 aliphatic heterocycles. The molecule has 1 atom stereocenters. The quantitative estimate of drug-likeness (QED) is 0.806. The number of rotatable bonds is 6. The molecule has 7 nitrogen and oxygen atoms in total. The van der Waals surface area contributed by atoms with Crippen molar-refractivity contribution in [3.05, 3.63) is 24.4 Å². The monoisotopic (exact) mass is 399 g/mol. The molecular weight excluding hydrogens is 366 g/mol. The average molecular weight is 400 g/mol. The van der Waals surface area contributed by atoms with E-state index in [0.717, 1.165) is 49.6 Å². The van der Waals surface area contributed by atoms with Gasteiger partial charge in [0.2, 0.25) is 0 Å². The SMILES string of the molecule is CN(C)c1cc(N2CC(C)(CO)C2)ccc1-c1cn(C[C@@H]2CC(C)(C)CO2)nn1. The molecule has 158 valence electrons. The third-order valence-corrected chi connectivity index (χ3v) is 6.05. The van der Waals surface area contributed by atoms with E-state index >= 15 is 0 Å². The molecule has 0 aliphatic carbocycles. The topological polar surface area (TPSA) is 66.7 Å². The molecule has 2 saturated heterocycles. The third-order valence-electron chi connectivity index (χ3n) is 6.05. The molecule has 7 heteroatoms. The van der Waals surface area contributed by atoms with Crippen molar-refractivity contribution in [1.29, 1.82) is 0 Å². The normalized spacial score (nSPS) is 22.6. The van der Waals surface area contributed by atoms with Gasteiger partial charge in [0.1, 0.15) is 5.69 Å². The van der Waals surface area contributed by atoms with Crippen molar-refractivity contribution in [2.24, 2.45) is 10.8 Å². The fourth-order valence-corrected chi connectivity index (χ4v) is 4.38. The van der Waals surface area contributed by atoms with Crippen molar-refractivity contribution in [2.45, 2.75) is 39.8 Å². The minimum atomic E-state index is 0.0104. The molecule has 1 N–H and O–H groups in total. The van der Waals surface area contributed by atoms with E-state index in [1.165, 1.54) is 5.69 Å². The summed E-state index contributed by atoms with van der Waals surface area (Å²) in [5.41, 5.74) is 4.49. The first-order valence-corrected chi connectivity index (χ1v) is 10.4. The fourth-order valence-electron chi connectivity index (χ4n) is 4.38. The van der Waals surface area contributed by atoms with Crippen LogP contribution in [-0.4, -0.2) is 66.6 Å². The highest BCUT2D eigenvalue weighted by Crippen LogP contribution is 2.38. The van der Waals surface area contributed by atoms with Gasteiger partial charge >= 0.3 is 0 Å². The van der Waals surface area contributed by atoms with Gasteiger partial charge in [0.05, 0.1) is 32.1 Å². The molecule has 4 rings (SSSR count). The van der Waals surface area contributed by atoms with Crippen molar-refractivity contribution in [2.75, 3.05) is 50.2 Å². The van der Waals surface area contributed by atoms with Crippen molar-refractivity contribution in [1.82, 2.24) is 15.0 Å². The Morgan fingerprint density at radius 2 is 2.00 bits per heavy atom. The second-order valence-corrected chi connectivity index (χ2v) is 10.0. The van der Waals surface area contributed by atoms with Gasteiger partial charge in [-0.15, -0.1) is 5.10 Å². The molecule has 0 amide bonds. The predicted molar refractivity (Wildman–Crippen MR) is 115 cm³/mol. The molecule has 0 unspecified atom stereocenters. The van der Waals surface area contributed by atoms with Crippen molar-refractivity contribution in [3.63, 3.8) is 0 Å². The number of benzene rings is 1. The molecule has 2 fully saturated rings. The number of aliphatic hydroxyl groups is 1. The van der Waals surface area contributed by atoms with E-state index in [4.69, 9.17) is 4.74 Å². The number of nitrogens with zero attached hydrogens (tertiary/aromatic N) is 5. The molecule has 1 aromatic carbocycles. The number of hydrogen-bond acceptors (Lipinski definition) is 6.